The molecule has 0 unspecified atom stereocenters. The summed E-state index contributed by atoms with van der Waals surface area (Å²) in [6.07, 6.45) is 0. The number of aromatic nitrogens is 1. The molecule has 1 aliphatic rings. The topological polar surface area (TPSA) is 130 Å². The van der Waals surface area contributed by atoms with Gasteiger partial charge in [-0.15, -0.1) is 0 Å². The summed E-state index contributed by atoms with van der Waals surface area (Å²) in [7, 11) is 0. The molecule has 0 atom stereocenters. The largest absolute Gasteiger partial charge is 0.467 e. The van der Waals surface area contributed by atoms with E-state index >= 15 is 0 Å². The van der Waals surface area contributed by atoms with Crippen molar-refractivity contribution in [1.29, 1.82) is 0 Å². The van der Waals surface area contributed by atoms with Crippen LogP contribution >= 0.6 is 0 Å². The maximum absolute atomic E-state index is 12.6. The van der Waals surface area contributed by atoms with Crippen molar-refractivity contribution < 1.29 is 33.5 Å². The summed E-state index contributed by atoms with van der Waals surface area (Å²) in [5.74, 6) is -0.822. The van der Waals surface area contributed by atoms with Gasteiger partial charge in [0.15, 0.2) is 6.79 Å². The number of nitrogens with zero attached hydrogens (tertiary/aromatic N) is 1. The first-order valence-electron chi connectivity index (χ1n) is 8.87. The average Bonchev–Trinajstić information content (AvgIpc) is 3.00. The Balaban J connectivity index is 1.84. The van der Waals surface area contributed by atoms with Crippen LogP contribution in [0.1, 0.15) is 50.2 Å². The van der Waals surface area contributed by atoms with Crippen molar-refractivity contribution in [2.24, 2.45) is 0 Å². The van der Waals surface area contributed by atoms with E-state index < -0.39 is 16.9 Å². The Morgan fingerprint density at radius 3 is 2.69 bits per heavy atom. The lowest BCUT2D eigenvalue weighted by Gasteiger charge is -2.20. The Labute approximate surface area is 165 Å². The molecule has 2 aromatic rings. The number of fused-ring (bicyclic) bond motifs is 1. The number of hydrogen-bond donors (Lipinski definition) is 1. The van der Waals surface area contributed by atoms with Crippen molar-refractivity contribution in [3.05, 3.63) is 55.9 Å². The molecule has 1 N–H and O–H groups in total. The molecule has 0 aliphatic carbocycles. The van der Waals surface area contributed by atoms with Crippen LogP contribution in [0.15, 0.2) is 12.1 Å². The van der Waals surface area contributed by atoms with Crippen molar-refractivity contribution in [2.45, 2.75) is 34.0 Å². The van der Waals surface area contributed by atoms with Crippen LogP contribution in [0, 0.1) is 24.0 Å². The fourth-order valence-electron chi connectivity index (χ4n) is 3.17. The number of hydrogen-bond acceptors (Lipinski definition) is 8. The van der Waals surface area contributed by atoms with Crippen LogP contribution in [0.4, 0.5) is 5.69 Å². The van der Waals surface area contributed by atoms with E-state index in [1.54, 1.807) is 20.8 Å². The number of esters is 2. The second-order valence-electron chi connectivity index (χ2n) is 6.38. The van der Waals surface area contributed by atoms with Gasteiger partial charge in [-0.25, -0.2) is 9.59 Å². The highest BCUT2D eigenvalue weighted by molar-refractivity contribution is 5.98. The van der Waals surface area contributed by atoms with Crippen LogP contribution in [0.2, 0.25) is 0 Å². The standard InChI is InChI=1S/C19H20N2O8/c1-4-27-19(23)16-10(2)15(11(3)20-16)18(22)28-8-13-6-14(21(24)25)5-12-7-26-9-29-17(12)13/h5-6,20H,4,7-9H2,1-3H3. The fraction of sp³-hybridized carbons (Fsp3) is 0.368. The third-order valence-corrected chi connectivity index (χ3v) is 4.46. The van der Waals surface area contributed by atoms with E-state index in [0.29, 0.717) is 28.1 Å². The minimum atomic E-state index is -0.667. The number of non-ortho nitro benzene ring substituents is 1. The van der Waals surface area contributed by atoms with Crippen LogP contribution in [0.3, 0.4) is 0 Å². The molecule has 3 rings (SSSR count). The van der Waals surface area contributed by atoms with E-state index in [2.05, 4.69) is 4.98 Å². The van der Waals surface area contributed by atoms with E-state index in [4.69, 9.17) is 18.9 Å². The molecule has 29 heavy (non-hydrogen) atoms. The molecule has 0 bridgehead atoms. The third-order valence-electron chi connectivity index (χ3n) is 4.46. The Morgan fingerprint density at radius 2 is 2.00 bits per heavy atom. The second-order valence-corrected chi connectivity index (χ2v) is 6.38. The summed E-state index contributed by atoms with van der Waals surface area (Å²) in [6, 6.07) is 2.67. The molecule has 0 fully saturated rings. The molecular weight excluding hydrogens is 384 g/mol. The minimum Gasteiger partial charge on any atom is -0.467 e. The molecule has 1 aliphatic heterocycles. The lowest BCUT2D eigenvalue weighted by Crippen LogP contribution is -2.15. The highest BCUT2D eigenvalue weighted by Crippen LogP contribution is 2.33. The molecular formula is C19H20N2O8. The molecule has 0 saturated heterocycles. The van der Waals surface area contributed by atoms with Gasteiger partial charge in [-0.1, -0.05) is 0 Å². The van der Waals surface area contributed by atoms with Gasteiger partial charge in [-0.2, -0.15) is 0 Å². The van der Waals surface area contributed by atoms with Gasteiger partial charge in [-0.3, -0.25) is 10.1 Å². The highest BCUT2D eigenvalue weighted by atomic mass is 16.7. The predicted molar refractivity (Wildman–Crippen MR) is 98.7 cm³/mol. The molecule has 1 aromatic heterocycles. The van der Waals surface area contributed by atoms with Gasteiger partial charge in [0.2, 0.25) is 0 Å². The molecule has 1 aromatic carbocycles. The number of carbonyl (C=O) groups excluding carboxylic acids is 2. The van der Waals surface area contributed by atoms with Gasteiger partial charge in [0, 0.05) is 29.0 Å². The normalized spacial score (nSPS) is 12.7. The maximum Gasteiger partial charge on any atom is 0.355 e. The number of ether oxygens (including phenoxy) is 4. The summed E-state index contributed by atoms with van der Waals surface area (Å²) in [5, 5.41) is 11.2. The lowest BCUT2D eigenvalue weighted by molar-refractivity contribution is -0.385. The molecule has 0 radical (unpaired) electrons. The molecule has 0 saturated carbocycles. The number of rotatable bonds is 6. The SMILES string of the molecule is CCOC(=O)c1[nH]c(C)c(C(=O)OCc2cc([N+](=O)[O-])cc3c2OCOC3)c1C. The minimum absolute atomic E-state index is 0.00465. The van der Waals surface area contributed by atoms with E-state index in [0.717, 1.165) is 0 Å². The molecule has 10 heteroatoms. The number of H-pyrrole nitrogens is 1. The highest BCUT2D eigenvalue weighted by Gasteiger charge is 2.26. The van der Waals surface area contributed by atoms with E-state index in [-0.39, 0.29) is 43.6 Å². The summed E-state index contributed by atoms with van der Waals surface area (Å²) in [5.41, 5.74) is 2.00. The molecule has 0 spiro atoms. The van der Waals surface area contributed by atoms with E-state index in [1.165, 1.54) is 12.1 Å². The molecule has 10 nitrogen and oxygen atoms in total. The third kappa shape index (κ3) is 4.06. The first-order valence-corrected chi connectivity index (χ1v) is 8.87. The number of nitro groups is 1. The predicted octanol–water partition coefficient (Wildman–Crippen LogP) is 2.94. The van der Waals surface area contributed by atoms with Crippen molar-refractivity contribution in [1.82, 2.24) is 4.98 Å². The van der Waals surface area contributed by atoms with E-state index in [1.807, 2.05) is 0 Å². The molecule has 0 amide bonds. The van der Waals surface area contributed by atoms with Crippen LogP contribution in [0.5, 0.6) is 5.75 Å². The van der Waals surface area contributed by atoms with Gasteiger partial charge in [0.05, 0.1) is 23.7 Å². The number of nitro benzene ring substituents is 1. The molecule has 2 heterocycles. The second kappa shape index (κ2) is 8.31. The number of nitrogens with one attached hydrogen (secondary N) is 1. The summed E-state index contributed by atoms with van der Waals surface area (Å²) in [4.78, 5) is 38.1. The fourth-order valence-corrected chi connectivity index (χ4v) is 3.17. The van der Waals surface area contributed by atoms with Gasteiger partial charge >= 0.3 is 11.9 Å². The smallest absolute Gasteiger partial charge is 0.355 e. The van der Waals surface area contributed by atoms with Crippen molar-refractivity contribution in [2.75, 3.05) is 13.4 Å². The number of carbonyl (C=O) groups is 2. The van der Waals surface area contributed by atoms with Gasteiger partial charge in [0.1, 0.15) is 18.1 Å². The Kier molecular flexibility index (Phi) is 5.83. The Bertz CT molecular complexity index is 979. The maximum atomic E-state index is 12.6. The zero-order valence-electron chi connectivity index (χ0n) is 16.2. The van der Waals surface area contributed by atoms with Gasteiger partial charge in [0.25, 0.3) is 5.69 Å². The van der Waals surface area contributed by atoms with E-state index in [9.17, 15) is 19.7 Å². The number of aromatic amines is 1. The summed E-state index contributed by atoms with van der Waals surface area (Å²) < 4.78 is 20.9. The molecule has 154 valence electrons. The first-order chi connectivity index (χ1) is 13.8. The summed E-state index contributed by atoms with van der Waals surface area (Å²) >= 11 is 0. The monoisotopic (exact) mass is 404 g/mol. The van der Waals surface area contributed by atoms with Gasteiger partial charge in [-0.05, 0) is 26.3 Å². The van der Waals surface area contributed by atoms with Gasteiger partial charge < -0.3 is 23.9 Å². The van der Waals surface area contributed by atoms with Crippen molar-refractivity contribution in [3.63, 3.8) is 0 Å². The van der Waals surface area contributed by atoms with Crippen molar-refractivity contribution in [3.8, 4) is 5.75 Å². The van der Waals surface area contributed by atoms with Crippen LogP contribution in [0.25, 0.3) is 0 Å². The summed E-state index contributed by atoms with van der Waals surface area (Å²) in [6.45, 7) is 5.08. The number of benzene rings is 1. The number of aryl methyl sites for hydroxylation is 1. The van der Waals surface area contributed by atoms with Crippen LogP contribution in [-0.2, 0) is 27.4 Å². The van der Waals surface area contributed by atoms with Crippen LogP contribution in [-0.4, -0.2) is 35.2 Å². The zero-order chi connectivity index (χ0) is 21.1. The lowest BCUT2D eigenvalue weighted by atomic mass is 10.1. The van der Waals surface area contributed by atoms with Crippen molar-refractivity contribution >= 4 is 17.6 Å². The first kappa shape index (κ1) is 20.3. The Hall–Kier alpha value is -3.40. The quantitative estimate of drug-likeness (QED) is 0.442. The average molecular weight is 404 g/mol. The zero-order valence-corrected chi connectivity index (χ0v) is 16.2. The Morgan fingerprint density at radius 1 is 1.24 bits per heavy atom. The van der Waals surface area contributed by atoms with Crippen LogP contribution < -0.4 is 4.74 Å².